The second-order valence-corrected chi connectivity index (χ2v) is 6.25. The van der Waals surface area contributed by atoms with Crippen LogP contribution in [0, 0.1) is 6.92 Å². The number of hydrogen-bond donors (Lipinski definition) is 1. The van der Waals surface area contributed by atoms with Gasteiger partial charge < -0.3 is 5.73 Å². The van der Waals surface area contributed by atoms with Gasteiger partial charge in [0, 0.05) is 22.1 Å². The SMILES string of the molecule is Cc1cncc(C(N)c2cc3c(s2)CCCC3)c1. The lowest BCUT2D eigenvalue weighted by Crippen LogP contribution is -2.10. The summed E-state index contributed by atoms with van der Waals surface area (Å²) in [5.74, 6) is 0. The molecule has 94 valence electrons. The lowest BCUT2D eigenvalue weighted by molar-refractivity contribution is 0.696. The standard InChI is InChI=1S/C15H18N2S/c1-10-6-12(9-17-8-10)15(16)14-7-11-4-2-3-5-13(11)18-14/h6-9,15H,2-5,16H2,1H3. The van der Waals surface area contributed by atoms with E-state index in [9.17, 15) is 0 Å². The van der Waals surface area contributed by atoms with Crippen molar-refractivity contribution in [3.8, 4) is 0 Å². The van der Waals surface area contributed by atoms with Crippen molar-refractivity contribution in [1.29, 1.82) is 0 Å². The molecule has 0 saturated heterocycles. The maximum atomic E-state index is 6.37. The molecule has 0 fully saturated rings. The molecule has 18 heavy (non-hydrogen) atoms. The predicted octanol–water partition coefficient (Wildman–Crippen LogP) is 3.38. The molecule has 2 N–H and O–H groups in total. The minimum Gasteiger partial charge on any atom is -0.320 e. The molecule has 0 spiro atoms. The highest BCUT2D eigenvalue weighted by Gasteiger charge is 2.18. The Morgan fingerprint density at radius 3 is 2.83 bits per heavy atom. The summed E-state index contributed by atoms with van der Waals surface area (Å²) in [5.41, 5.74) is 10.2. The highest BCUT2D eigenvalue weighted by Crippen LogP contribution is 2.34. The van der Waals surface area contributed by atoms with Crippen LogP contribution in [0.2, 0.25) is 0 Å². The van der Waals surface area contributed by atoms with Crippen LogP contribution in [0.5, 0.6) is 0 Å². The van der Waals surface area contributed by atoms with Crippen molar-refractivity contribution in [3.05, 3.63) is 51.0 Å². The van der Waals surface area contributed by atoms with E-state index in [0.29, 0.717) is 0 Å². The first kappa shape index (κ1) is 11.9. The van der Waals surface area contributed by atoms with Gasteiger partial charge in [-0.05, 0) is 55.4 Å². The fourth-order valence-corrected chi connectivity index (χ4v) is 3.87. The summed E-state index contributed by atoms with van der Waals surface area (Å²) in [5, 5.41) is 0. The van der Waals surface area contributed by atoms with E-state index in [1.54, 1.807) is 4.88 Å². The van der Waals surface area contributed by atoms with Crippen molar-refractivity contribution in [2.75, 3.05) is 0 Å². The number of nitrogens with zero attached hydrogens (tertiary/aromatic N) is 1. The zero-order valence-corrected chi connectivity index (χ0v) is 11.5. The summed E-state index contributed by atoms with van der Waals surface area (Å²) in [6, 6.07) is 4.43. The highest BCUT2D eigenvalue weighted by atomic mass is 32.1. The quantitative estimate of drug-likeness (QED) is 0.897. The summed E-state index contributed by atoms with van der Waals surface area (Å²) in [6.07, 6.45) is 8.87. The van der Waals surface area contributed by atoms with E-state index in [2.05, 4.69) is 24.0 Å². The Hall–Kier alpha value is -1.19. The Bertz CT molecular complexity index is 536. The highest BCUT2D eigenvalue weighted by molar-refractivity contribution is 7.12. The van der Waals surface area contributed by atoms with Crippen LogP contribution in [-0.4, -0.2) is 4.98 Å². The number of thiophene rings is 1. The molecule has 2 nitrogen and oxygen atoms in total. The van der Waals surface area contributed by atoms with Gasteiger partial charge in [-0.1, -0.05) is 6.07 Å². The Labute approximate surface area is 112 Å². The molecule has 0 aliphatic heterocycles. The maximum Gasteiger partial charge on any atom is 0.0661 e. The molecular weight excluding hydrogens is 240 g/mol. The minimum absolute atomic E-state index is 0.0204. The van der Waals surface area contributed by atoms with Crippen molar-refractivity contribution in [1.82, 2.24) is 4.98 Å². The van der Waals surface area contributed by atoms with Crippen LogP contribution in [0.4, 0.5) is 0 Å². The first-order chi connectivity index (χ1) is 8.74. The first-order valence-electron chi connectivity index (χ1n) is 6.52. The fourth-order valence-electron chi connectivity index (χ4n) is 2.58. The molecular formula is C15H18N2S. The van der Waals surface area contributed by atoms with Gasteiger partial charge in [0.25, 0.3) is 0 Å². The van der Waals surface area contributed by atoms with Gasteiger partial charge in [-0.25, -0.2) is 0 Å². The van der Waals surface area contributed by atoms with Crippen LogP contribution in [0.15, 0.2) is 24.5 Å². The van der Waals surface area contributed by atoms with Crippen molar-refractivity contribution in [3.63, 3.8) is 0 Å². The summed E-state index contributed by atoms with van der Waals surface area (Å²) in [4.78, 5) is 7.07. The molecule has 1 atom stereocenters. The summed E-state index contributed by atoms with van der Waals surface area (Å²) < 4.78 is 0. The number of aromatic nitrogens is 1. The third-order valence-electron chi connectivity index (χ3n) is 3.58. The van der Waals surface area contributed by atoms with E-state index in [-0.39, 0.29) is 6.04 Å². The lowest BCUT2D eigenvalue weighted by Gasteiger charge is -2.09. The smallest absolute Gasteiger partial charge is 0.0661 e. The number of nitrogens with two attached hydrogens (primary N) is 1. The van der Waals surface area contributed by atoms with Crippen LogP contribution in [0.25, 0.3) is 0 Å². The number of hydrogen-bond acceptors (Lipinski definition) is 3. The van der Waals surface area contributed by atoms with Gasteiger partial charge in [-0.2, -0.15) is 0 Å². The molecule has 1 aliphatic rings. The number of pyridine rings is 1. The second kappa shape index (κ2) is 4.82. The summed E-state index contributed by atoms with van der Waals surface area (Å²) in [6.45, 7) is 2.06. The first-order valence-corrected chi connectivity index (χ1v) is 7.34. The molecule has 2 aromatic rings. The van der Waals surface area contributed by atoms with Gasteiger partial charge in [0.2, 0.25) is 0 Å². The predicted molar refractivity (Wildman–Crippen MR) is 76.0 cm³/mol. The largest absolute Gasteiger partial charge is 0.320 e. The van der Waals surface area contributed by atoms with E-state index in [1.807, 2.05) is 23.7 Å². The van der Waals surface area contributed by atoms with Gasteiger partial charge in [0.05, 0.1) is 6.04 Å². The Kier molecular flexibility index (Phi) is 3.18. The number of fused-ring (bicyclic) bond motifs is 1. The van der Waals surface area contributed by atoms with Crippen LogP contribution in [0.1, 0.15) is 45.3 Å². The van der Waals surface area contributed by atoms with Gasteiger partial charge in [0.15, 0.2) is 0 Å². The molecule has 0 radical (unpaired) electrons. The van der Waals surface area contributed by atoms with Crippen molar-refractivity contribution >= 4 is 11.3 Å². The minimum atomic E-state index is -0.0204. The maximum absolute atomic E-state index is 6.37. The molecule has 2 heterocycles. The molecule has 0 amide bonds. The van der Waals surface area contributed by atoms with Gasteiger partial charge in [-0.3, -0.25) is 4.98 Å². The van der Waals surface area contributed by atoms with Crippen LogP contribution in [-0.2, 0) is 12.8 Å². The van der Waals surface area contributed by atoms with Gasteiger partial charge >= 0.3 is 0 Å². The van der Waals surface area contributed by atoms with Crippen LogP contribution in [0.3, 0.4) is 0 Å². The fraction of sp³-hybridized carbons (Fsp3) is 0.400. The van der Waals surface area contributed by atoms with E-state index in [4.69, 9.17) is 5.73 Å². The molecule has 3 heteroatoms. The normalized spacial score (nSPS) is 16.3. The average molecular weight is 258 g/mol. The third kappa shape index (κ3) is 2.20. The molecule has 3 rings (SSSR count). The Balaban J connectivity index is 1.92. The van der Waals surface area contributed by atoms with E-state index in [0.717, 1.165) is 5.56 Å². The second-order valence-electron chi connectivity index (χ2n) is 5.08. The van der Waals surface area contributed by atoms with Gasteiger partial charge in [-0.15, -0.1) is 11.3 Å². The van der Waals surface area contributed by atoms with E-state index in [1.165, 1.54) is 41.7 Å². The Morgan fingerprint density at radius 1 is 1.22 bits per heavy atom. The third-order valence-corrected chi connectivity index (χ3v) is 4.90. The average Bonchev–Trinajstić information content (AvgIpc) is 2.81. The topological polar surface area (TPSA) is 38.9 Å². The van der Waals surface area contributed by atoms with Crippen molar-refractivity contribution in [2.24, 2.45) is 5.73 Å². The van der Waals surface area contributed by atoms with E-state index >= 15 is 0 Å². The Morgan fingerprint density at radius 2 is 2.06 bits per heavy atom. The molecule has 0 aromatic carbocycles. The molecule has 1 aliphatic carbocycles. The van der Waals surface area contributed by atoms with Crippen LogP contribution >= 0.6 is 11.3 Å². The summed E-state index contributed by atoms with van der Waals surface area (Å²) in [7, 11) is 0. The number of rotatable bonds is 2. The zero-order chi connectivity index (χ0) is 12.5. The number of aryl methyl sites for hydroxylation is 3. The monoisotopic (exact) mass is 258 g/mol. The molecule has 1 unspecified atom stereocenters. The van der Waals surface area contributed by atoms with Gasteiger partial charge in [0.1, 0.15) is 0 Å². The van der Waals surface area contributed by atoms with Crippen LogP contribution < -0.4 is 5.73 Å². The van der Waals surface area contributed by atoms with Crippen molar-refractivity contribution < 1.29 is 0 Å². The lowest BCUT2D eigenvalue weighted by atomic mass is 9.98. The molecule has 2 aromatic heterocycles. The summed E-state index contributed by atoms with van der Waals surface area (Å²) >= 11 is 1.89. The zero-order valence-electron chi connectivity index (χ0n) is 10.6. The molecule has 0 bridgehead atoms. The molecule has 0 saturated carbocycles. The van der Waals surface area contributed by atoms with E-state index < -0.39 is 0 Å². The van der Waals surface area contributed by atoms with Crippen molar-refractivity contribution in [2.45, 2.75) is 38.6 Å².